The Morgan fingerprint density at radius 3 is 2.50 bits per heavy atom. The Kier molecular flexibility index (Phi) is 6.40. The summed E-state index contributed by atoms with van der Waals surface area (Å²) in [6.45, 7) is 7.04. The molecule has 0 aromatic heterocycles. The fraction of sp³-hybridized carbons (Fsp3) is 0.600. The molecule has 18 heavy (non-hydrogen) atoms. The summed E-state index contributed by atoms with van der Waals surface area (Å²) in [6.07, 6.45) is 3.51. The summed E-state index contributed by atoms with van der Waals surface area (Å²) < 4.78 is 10.9. The number of hydrogen-bond donors (Lipinski definition) is 1. The highest BCUT2D eigenvalue weighted by Crippen LogP contribution is 2.30. The minimum absolute atomic E-state index is 0.526. The summed E-state index contributed by atoms with van der Waals surface area (Å²) in [7, 11) is 1.66. The number of rotatable bonds is 8. The number of hydrogen-bond acceptors (Lipinski definition) is 3. The van der Waals surface area contributed by atoms with Crippen molar-refractivity contribution in [1.29, 1.82) is 0 Å². The van der Waals surface area contributed by atoms with Crippen LogP contribution >= 0.6 is 0 Å². The highest BCUT2D eigenvalue weighted by atomic mass is 16.5. The van der Waals surface area contributed by atoms with Crippen LogP contribution in [0.3, 0.4) is 0 Å². The summed E-state index contributed by atoms with van der Waals surface area (Å²) in [4.78, 5) is 0. The summed E-state index contributed by atoms with van der Waals surface area (Å²) >= 11 is 0. The second-order valence-electron chi connectivity index (χ2n) is 4.34. The van der Waals surface area contributed by atoms with Gasteiger partial charge in [0.2, 0.25) is 0 Å². The summed E-state index contributed by atoms with van der Waals surface area (Å²) in [5, 5.41) is 3.54. The summed E-state index contributed by atoms with van der Waals surface area (Å²) in [6, 6.07) is 6.53. The Hall–Kier alpha value is -1.38. The van der Waals surface area contributed by atoms with Crippen LogP contribution in [0.4, 0.5) is 5.69 Å². The Bertz CT molecular complexity index is 352. The molecule has 1 unspecified atom stereocenters. The predicted octanol–water partition coefficient (Wildman–Crippen LogP) is 4.08. The molecule has 3 heteroatoms. The molecule has 102 valence electrons. The van der Waals surface area contributed by atoms with Crippen LogP contribution in [0.2, 0.25) is 0 Å². The Morgan fingerprint density at radius 2 is 1.94 bits per heavy atom. The third-order valence-corrected chi connectivity index (χ3v) is 2.96. The number of benzene rings is 1. The van der Waals surface area contributed by atoms with E-state index in [1.807, 2.05) is 25.1 Å². The van der Waals surface area contributed by atoms with Crippen LogP contribution in [0.5, 0.6) is 11.5 Å². The molecule has 1 atom stereocenters. The third kappa shape index (κ3) is 4.13. The highest BCUT2D eigenvalue weighted by molar-refractivity contribution is 5.55. The van der Waals surface area contributed by atoms with Crippen molar-refractivity contribution in [1.82, 2.24) is 0 Å². The molecule has 0 aliphatic carbocycles. The lowest BCUT2D eigenvalue weighted by Crippen LogP contribution is -2.17. The Morgan fingerprint density at radius 1 is 1.17 bits per heavy atom. The van der Waals surface area contributed by atoms with Gasteiger partial charge in [0.05, 0.1) is 13.7 Å². The van der Waals surface area contributed by atoms with Gasteiger partial charge in [0.1, 0.15) is 0 Å². The first-order valence-corrected chi connectivity index (χ1v) is 6.82. The zero-order valence-corrected chi connectivity index (χ0v) is 12.0. The average Bonchev–Trinajstić information content (AvgIpc) is 2.39. The minimum Gasteiger partial charge on any atom is -0.493 e. The van der Waals surface area contributed by atoms with E-state index in [9.17, 15) is 0 Å². The van der Waals surface area contributed by atoms with Crippen molar-refractivity contribution < 1.29 is 9.47 Å². The van der Waals surface area contributed by atoms with E-state index in [-0.39, 0.29) is 0 Å². The van der Waals surface area contributed by atoms with Crippen LogP contribution in [0.1, 0.15) is 40.0 Å². The van der Waals surface area contributed by atoms with E-state index in [4.69, 9.17) is 9.47 Å². The van der Waals surface area contributed by atoms with Crippen molar-refractivity contribution in [3.8, 4) is 11.5 Å². The number of anilines is 1. The molecule has 3 nitrogen and oxygen atoms in total. The van der Waals surface area contributed by atoms with Crippen molar-refractivity contribution in [2.45, 2.75) is 46.1 Å². The molecule has 0 saturated heterocycles. The lowest BCUT2D eigenvalue weighted by atomic mass is 10.1. The van der Waals surface area contributed by atoms with Crippen molar-refractivity contribution >= 4 is 5.69 Å². The molecule has 1 rings (SSSR count). The third-order valence-electron chi connectivity index (χ3n) is 2.96. The average molecular weight is 251 g/mol. The SMILES string of the molecule is CCCC(CC)Nc1ccc(OC)c(OCC)c1. The molecule has 1 N–H and O–H groups in total. The highest BCUT2D eigenvalue weighted by Gasteiger charge is 2.08. The maximum absolute atomic E-state index is 5.58. The Balaban J connectivity index is 2.79. The normalized spacial score (nSPS) is 12.0. The van der Waals surface area contributed by atoms with Gasteiger partial charge in [-0.2, -0.15) is 0 Å². The molecule has 1 aromatic rings. The number of methoxy groups -OCH3 is 1. The first kappa shape index (κ1) is 14.7. The molecule has 0 heterocycles. The fourth-order valence-electron chi connectivity index (χ4n) is 2.00. The lowest BCUT2D eigenvalue weighted by molar-refractivity contribution is 0.311. The van der Waals surface area contributed by atoms with Crippen LogP contribution in [0.25, 0.3) is 0 Å². The second-order valence-corrected chi connectivity index (χ2v) is 4.34. The topological polar surface area (TPSA) is 30.5 Å². The van der Waals surface area contributed by atoms with Crippen LogP contribution in [-0.4, -0.2) is 19.8 Å². The lowest BCUT2D eigenvalue weighted by Gasteiger charge is -2.19. The molecule has 1 aromatic carbocycles. The smallest absolute Gasteiger partial charge is 0.163 e. The van der Waals surface area contributed by atoms with Gasteiger partial charge in [0.25, 0.3) is 0 Å². The molecule has 0 aliphatic rings. The number of nitrogens with one attached hydrogen (secondary N) is 1. The van der Waals surface area contributed by atoms with Gasteiger partial charge in [-0.1, -0.05) is 20.3 Å². The minimum atomic E-state index is 0.526. The molecular weight excluding hydrogens is 226 g/mol. The molecule has 0 amide bonds. The molecule has 0 radical (unpaired) electrons. The largest absolute Gasteiger partial charge is 0.493 e. The van der Waals surface area contributed by atoms with Gasteiger partial charge in [0, 0.05) is 17.8 Å². The van der Waals surface area contributed by atoms with Gasteiger partial charge in [-0.25, -0.2) is 0 Å². The maximum Gasteiger partial charge on any atom is 0.163 e. The van der Waals surface area contributed by atoms with E-state index in [0.717, 1.165) is 23.6 Å². The van der Waals surface area contributed by atoms with Crippen molar-refractivity contribution in [2.24, 2.45) is 0 Å². The fourth-order valence-corrected chi connectivity index (χ4v) is 2.00. The summed E-state index contributed by atoms with van der Waals surface area (Å²) in [5.74, 6) is 1.59. The molecule has 0 spiro atoms. The standard InChI is InChI=1S/C15H25NO2/c1-5-8-12(6-2)16-13-9-10-14(17-4)15(11-13)18-7-3/h9-12,16H,5-8H2,1-4H3. The maximum atomic E-state index is 5.58. The molecule has 0 aliphatic heterocycles. The monoisotopic (exact) mass is 251 g/mol. The quantitative estimate of drug-likeness (QED) is 0.755. The van der Waals surface area contributed by atoms with Gasteiger partial charge in [-0.05, 0) is 31.9 Å². The first-order chi connectivity index (χ1) is 8.74. The van der Waals surface area contributed by atoms with Gasteiger partial charge in [0.15, 0.2) is 11.5 Å². The van der Waals surface area contributed by atoms with Crippen LogP contribution < -0.4 is 14.8 Å². The van der Waals surface area contributed by atoms with Gasteiger partial charge >= 0.3 is 0 Å². The van der Waals surface area contributed by atoms with Gasteiger partial charge in [-0.15, -0.1) is 0 Å². The van der Waals surface area contributed by atoms with Crippen molar-refractivity contribution in [2.75, 3.05) is 19.0 Å². The molecule has 0 saturated carbocycles. The summed E-state index contributed by atoms with van der Waals surface area (Å²) in [5.41, 5.74) is 1.10. The first-order valence-electron chi connectivity index (χ1n) is 6.82. The predicted molar refractivity (Wildman–Crippen MR) is 76.8 cm³/mol. The van der Waals surface area contributed by atoms with E-state index in [2.05, 4.69) is 19.2 Å². The van der Waals surface area contributed by atoms with Crippen molar-refractivity contribution in [3.05, 3.63) is 18.2 Å². The van der Waals surface area contributed by atoms with Gasteiger partial charge in [-0.3, -0.25) is 0 Å². The Labute approximate surface area is 110 Å². The zero-order valence-electron chi connectivity index (χ0n) is 12.0. The van der Waals surface area contributed by atoms with Gasteiger partial charge < -0.3 is 14.8 Å². The van der Waals surface area contributed by atoms with Crippen LogP contribution in [0, 0.1) is 0 Å². The van der Waals surface area contributed by atoms with E-state index >= 15 is 0 Å². The van der Waals surface area contributed by atoms with E-state index < -0.39 is 0 Å². The zero-order chi connectivity index (χ0) is 13.4. The molecular formula is C15H25NO2. The number of ether oxygens (including phenoxy) is 2. The molecule has 0 bridgehead atoms. The van der Waals surface area contributed by atoms with Crippen molar-refractivity contribution in [3.63, 3.8) is 0 Å². The van der Waals surface area contributed by atoms with E-state index in [0.29, 0.717) is 12.6 Å². The molecule has 0 fully saturated rings. The second kappa shape index (κ2) is 7.85. The van der Waals surface area contributed by atoms with Crippen LogP contribution in [-0.2, 0) is 0 Å². The van der Waals surface area contributed by atoms with E-state index in [1.165, 1.54) is 12.8 Å². The van der Waals surface area contributed by atoms with Crippen LogP contribution in [0.15, 0.2) is 18.2 Å². The van der Waals surface area contributed by atoms with E-state index in [1.54, 1.807) is 7.11 Å².